The van der Waals surface area contributed by atoms with Crippen LogP contribution < -0.4 is 10.6 Å². The van der Waals surface area contributed by atoms with Crippen LogP contribution in [0.3, 0.4) is 0 Å². The summed E-state index contributed by atoms with van der Waals surface area (Å²) < 4.78 is 26.8. The number of carbonyl (C=O) groups excluding carboxylic acids is 2. The number of rotatable bonds is 7. The van der Waals surface area contributed by atoms with E-state index in [0.717, 1.165) is 12.8 Å². The summed E-state index contributed by atoms with van der Waals surface area (Å²) in [6.07, 6.45) is 3.62. The fourth-order valence-electron chi connectivity index (χ4n) is 3.09. The maximum Gasteiger partial charge on any atom is 0.243 e. The van der Waals surface area contributed by atoms with E-state index < -0.39 is 10.0 Å². The van der Waals surface area contributed by atoms with Gasteiger partial charge in [-0.15, -0.1) is 0 Å². The van der Waals surface area contributed by atoms with Crippen molar-refractivity contribution in [2.45, 2.75) is 43.0 Å². The normalized spacial score (nSPS) is 21.2. The summed E-state index contributed by atoms with van der Waals surface area (Å²) >= 11 is 0. The first-order chi connectivity index (χ1) is 12.5. The molecule has 26 heavy (non-hydrogen) atoms. The summed E-state index contributed by atoms with van der Waals surface area (Å²) in [7, 11) is -3.58. The molecule has 0 spiro atoms. The predicted molar refractivity (Wildman–Crippen MR) is 96.7 cm³/mol. The van der Waals surface area contributed by atoms with Gasteiger partial charge in [0.1, 0.15) is 0 Å². The highest BCUT2D eigenvalue weighted by molar-refractivity contribution is 7.89. The highest BCUT2D eigenvalue weighted by Gasteiger charge is 2.33. The molecule has 0 aromatic heterocycles. The summed E-state index contributed by atoms with van der Waals surface area (Å²) in [4.78, 5) is 24.2. The molecule has 1 atom stereocenters. The minimum Gasteiger partial charge on any atom is -0.355 e. The maximum absolute atomic E-state index is 12.7. The Balaban J connectivity index is 1.51. The van der Waals surface area contributed by atoms with Crippen molar-refractivity contribution in [2.75, 3.05) is 19.6 Å². The van der Waals surface area contributed by atoms with Crippen molar-refractivity contribution >= 4 is 21.8 Å². The highest BCUT2D eigenvalue weighted by Crippen LogP contribution is 2.23. The quantitative estimate of drug-likeness (QED) is 0.735. The molecule has 1 aromatic rings. The molecule has 2 fully saturated rings. The van der Waals surface area contributed by atoms with Crippen LogP contribution in [0, 0.1) is 5.92 Å². The van der Waals surface area contributed by atoms with E-state index in [2.05, 4.69) is 10.6 Å². The van der Waals surface area contributed by atoms with Crippen molar-refractivity contribution in [1.82, 2.24) is 14.9 Å². The van der Waals surface area contributed by atoms with Crippen molar-refractivity contribution in [2.24, 2.45) is 5.92 Å². The Morgan fingerprint density at radius 2 is 1.85 bits per heavy atom. The van der Waals surface area contributed by atoms with Crippen molar-refractivity contribution in [3.05, 3.63) is 30.3 Å². The lowest BCUT2D eigenvalue weighted by atomic mass is 9.99. The van der Waals surface area contributed by atoms with Crippen LogP contribution in [0.5, 0.6) is 0 Å². The van der Waals surface area contributed by atoms with Crippen molar-refractivity contribution in [1.29, 1.82) is 0 Å². The van der Waals surface area contributed by atoms with Gasteiger partial charge in [-0.1, -0.05) is 18.2 Å². The Kier molecular flexibility index (Phi) is 5.93. The van der Waals surface area contributed by atoms with Crippen molar-refractivity contribution in [3.8, 4) is 0 Å². The number of nitrogens with one attached hydrogen (secondary N) is 2. The molecule has 1 saturated carbocycles. The third kappa shape index (κ3) is 4.82. The summed E-state index contributed by atoms with van der Waals surface area (Å²) in [6.45, 7) is 0.876. The van der Waals surface area contributed by atoms with Gasteiger partial charge in [0, 0.05) is 32.1 Å². The van der Waals surface area contributed by atoms with Gasteiger partial charge in [0.25, 0.3) is 0 Å². The average Bonchev–Trinajstić information content (AvgIpc) is 3.46. The summed E-state index contributed by atoms with van der Waals surface area (Å²) in [5.74, 6) is -0.615. The van der Waals surface area contributed by atoms with Gasteiger partial charge < -0.3 is 10.6 Å². The van der Waals surface area contributed by atoms with Gasteiger partial charge in [-0.25, -0.2) is 8.42 Å². The van der Waals surface area contributed by atoms with E-state index in [1.807, 2.05) is 0 Å². The van der Waals surface area contributed by atoms with Gasteiger partial charge >= 0.3 is 0 Å². The standard InChI is InChI=1S/C18H25N3O4S/c22-17(20-15-8-9-15)10-11-19-18(23)14-5-4-12-21(13-14)26(24,25)16-6-2-1-3-7-16/h1-3,6-7,14-15H,4-5,8-13H2,(H,19,23)(H,20,22)/t14-/m1/s1. The zero-order valence-electron chi connectivity index (χ0n) is 14.7. The van der Waals surface area contributed by atoms with Crippen LogP contribution in [0.2, 0.25) is 0 Å². The molecule has 0 unspecified atom stereocenters. The second-order valence-electron chi connectivity index (χ2n) is 6.90. The van der Waals surface area contributed by atoms with Crippen LogP contribution in [0.25, 0.3) is 0 Å². The molecule has 1 aliphatic heterocycles. The van der Waals surface area contributed by atoms with E-state index in [9.17, 15) is 18.0 Å². The van der Waals surface area contributed by atoms with Gasteiger partial charge in [0.15, 0.2) is 0 Å². The molecule has 0 radical (unpaired) electrons. The lowest BCUT2D eigenvalue weighted by molar-refractivity contribution is -0.126. The van der Waals surface area contributed by atoms with Gasteiger partial charge in [-0.05, 0) is 37.8 Å². The van der Waals surface area contributed by atoms with Gasteiger partial charge in [0.05, 0.1) is 10.8 Å². The van der Waals surface area contributed by atoms with Crippen LogP contribution >= 0.6 is 0 Å². The number of piperidine rings is 1. The number of hydrogen-bond acceptors (Lipinski definition) is 4. The highest BCUT2D eigenvalue weighted by atomic mass is 32.2. The van der Waals surface area contributed by atoms with Crippen LogP contribution in [0.4, 0.5) is 0 Å². The molecule has 7 nitrogen and oxygen atoms in total. The molecule has 3 rings (SSSR count). The Hall–Kier alpha value is -1.93. The molecule has 2 N–H and O–H groups in total. The molecule has 2 aliphatic rings. The summed E-state index contributed by atoms with van der Waals surface area (Å²) in [5, 5.41) is 5.64. The van der Waals surface area contributed by atoms with E-state index >= 15 is 0 Å². The zero-order chi connectivity index (χ0) is 18.6. The number of carbonyl (C=O) groups is 2. The van der Waals surface area contributed by atoms with Gasteiger partial charge in [0.2, 0.25) is 21.8 Å². The minimum absolute atomic E-state index is 0.0512. The monoisotopic (exact) mass is 379 g/mol. The van der Waals surface area contributed by atoms with Crippen LogP contribution in [-0.2, 0) is 19.6 Å². The molecule has 1 saturated heterocycles. The zero-order valence-corrected chi connectivity index (χ0v) is 15.5. The van der Waals surface area contributed by atoms with E-state index in [1.165, 1.54) is 4.31 Å². The molecule has 8 heteroatoms. The molecule has 1 heterocycles. The van der Waals surface area contributed by atoms with Crippen LogP contribution in [0.1, 0.15) is 32.1 Å². The third-order valence-electron chi connectivity index (χ3n) is 4.73. The van der Waals surface area contributed by atoms with Crippen molar-refractivity contribution in [3.63, 3.8) is 0 Å². The average molecular weight is 379 g/mol. The third-order valence-corrected chi connectivity index (χ3v) is 6.61. The molecule has 142 valence electrons. The molecule has 1 aliphatic carbocycles. The van der Waals surface area contributed by atoms with E-state index in [0.29, 0.717) is 25.4 Å². The van der Waals surface area contributed by atoms with Gasteiger partial charge in [-0.2, -0.15) is 4.31 Å². The first-order valence-corrected chi connectivity index (χ1v) is 10.5. The fraction of sp³-hybridized carbons (Fsp3) is 0.556. The van der Waals surface area contributed by atoms with Crippen molar-refractivity contribution < 1.29 is 18.0 Å². The Bertz CT molecular complexity index is 747. The lowest BCUT2D eigenvalue weighted by Gasteiger charge is -2.31. The predicted octanol–water partition coefficient (Wildman–Crippen LogP) is 0.872. The first-order valence-electron chi connectivity index (χ1n) is 9.09. The largest absolute Gasteiger partial charge is 0.355 e. The number of amides is 2. The molecular formula is C18H25N3O4S. The van der Waals surface area contributed by atoms with E-state index in [4.69, 9.17) is 0 Å². The first kappa shape index (κ1) is 18.8. The minimum atomic E-state index is -3.58. The smallest absolute Gasteiger partial charge is 0.243 e. The summed E-state index contributed by atoms with van der Waals surface area (Å²) in [5.41, 5.74) is 0. The fourth-order valence-corrected chi connectivity index (χ4v) is 4.63. The van der Waals surface area contributed by atoms with E-state index in [1.54, 1.807) is 30.3 Å². The van der Waals surface area contributed by atoms with Crippen LogP contribution in [-0.4, -0.2) is 50.2 Å². The number of hydrogen-bond donors (Lipinski definition) is 2. The van der Waals surface area contributed by atoms with Gasteiger partial charge in [-0.3, -0.25) is 9.59 Å². The second-order valence-corrected chi connectivity index (χ2v) is 8.84. The maximum atomic E-state index is 12.7. The topological polar surface area (TPSA) is 95.6 Å². The molecule has 0 bridgehead atoms. The second kappa shape index (κ2) is 8.18. The SMILES string of the molecule is O=C(CCNC(=O)[C@@H]1CCCN(S(=O)(=O)c2ccccc2)C1)NC1CC1. The molecule has 2 amide bonds. The summed E-state index contributed by atoms with van der Waals surface area (Å²) in [6, 6.07) is 8.59. The Morgan fingerprint density at radius 1 is 1.12 bits per heavy atom. The number of sulfonamides is 1. The Morgan fingerprint density at radius 3 is 2.54 bits per heavy atom. The van der Waals surface area contributed by atoms with E-state index in [-0.39, 0.29) is 42.1 Å². The lowest BCUT2D eigenvalue weighted by Crippen LogP contribution is -2.45. The van der Waals surface area contributed by atoms with Crippen LogP contribution in [0.15, 0.2) is 35.2 Å². The Labute approximate surface area is 154 Å². The number of nitrogens with zero attached hydrogens (tertiary/aromatic N) is 1. The number of benzene rings is 1. The molecular weight excluding hydrogens is 354 g/mol. The molecule has 1 aromatic carbocycles.